The number of hydrogen-bond acceptors (Lipinski definition) is 2. The van der Waals surface area contributed by atoms with Crippen LogP contribution in [0.15, 0.2) is 53.4 Å². The van der Waals surface area contributed by atoms with Crippen molar-refractivity contribution in [3.05, 3.63) is 59.1 Å². The molecule has 0 aliphatic rings. The lowest BCUT2D eigenvalue weighted by Crippen LogP contribution is -2.34. The topological polar surface area (TPSA) is 58.2 Å². The summed E-state index contributed by atoms with van der Waals surface area (Å²) < 4.78 is 0. The van der Waals surface area contributed by atoms with Crippen LogP contribution < -0.4 is 10.6 Å². The third kappa shape index (κ3) is 3.69. The average molecular weight is 306 g/mol. The molecule has 2 rings (SSSR count). The van der Waals surface area contributed by atoms with Gasteiger partial charge in [0, 0.05) is 10.6 Å². The number of benzene rings is 2. The van der Waals surface area contributed by atoms with Gasteiger partial charge in [-0.3, -0.25) is 10.1 Å². The van der Waals surface area contributed by atoms with Crippen LogP contribution in [0.2, 0.25) is 5.02 Å². The van der Waals surface area contributed by atoms with Gasteiger partial charge in [0.1, 0.15) is 0 Å². The second-order valence-electron chi connectivity index (χ2n) is 3.92. The third-order valence-corrected chi connectivity index (χ3v) is 3.02. The van der Waals surface area contributed by atoms with Gasteiger partial charge in [0.25, 0.3) is 5.91 Å². The fourth-order valence-corrected chi connectivity index (χ4v) is 1.98. The number of amides is 3. The predicted molar refractivity (Wildman–Crippen MR) is 80.2 cm³/mol. The number of hydrogen-bond donors (Lipinski definition) is 2. The molecule has 1 radical (unpaired) electrons. The van der Waals surface area contributed by atoms with E-state index in [1.807, 2.05) is 0 Å². The summed E-state index contributed by atoms with van der Waals surface area (Å²) in [6.07, 6.45) is 0. The Bertz CT molecular complexity index is 661. The molecule has 0 fully saturated rings. The van der Waals surface area contributed by atoms with Crippen molar-refractivity contribution >= 4 is 41.9 Å². The van der Waals surface area contributed by atoms with Gasteiger partial charge in [-0.05, 0) is 30.3 Å². The van der Waals surface area contributed by atoms with Gasteiger partial charge in [-0.1, -0.05) is 42.4 Å². The highest BCUT2D eigenvalue weighted by Crippen LogP contribution is 2.15. The SMILES string of the molecule is O=C(NC(=O)c1ccccc1Cl)Nc1cccc([S])c1. The number of imide groups is 1. The van der Waals surface area contributed by atoms with Crippen LogP contribution in [-0.2, 0) is 0 Å². The van der Waals surface area contributed by atoms with Crippen molar-refractivity contribution in [2.24, 2.45) is 0 Å². The van der Waals surface area contributed by atoms with Gasteiger partial charge in [-0.15, -0.1) is 0 Å². The van der Waals surface area contributed by atoms with Crippen LogP contribution in [0.4, 0.5) is 10.5 Å². The second kappa shape index (κ2) is 6.36. The molecule has 6 heteroatoms. The summed E-state index contributed by atoms with van der Waals surface area (Å²) in [5.74, 6) is -0.567. The molecular formula is C14H10ClN2O2S. The van der Waals surface area contributed by atoms with Gasteiger partial charge >= 0.3 is 6.03 Å². The first-order valence-electron chi connectivity index (χ1n) is 5.70. The summed E-state index contributed by atoms with van der Waals surface area (Å²) in [7, 11) is 0. The number of urea groups is 1. The predicted octanol–water partition coefficient (Wildman–Crippen LogP) is 3.86. The van der Waals surface area contributed by atoms with Gasteiger partial charge in [-0.25, -0.2) is 4.79 Å². The average Bonchev–Trinajstić information content (AvgIpc) is 2.38. The van der Waals surface area contributed by atoms with Crippen molar-refractivity contribution < 1.29 is 9.59 Å². The largest absolute Gasteiger partial charge is 0.326 e. The second-order valence-corrected chi connectivity index (χ2v) is 4.79. The molecule has 0 aliphatic carbocycles. The van der Waals surface area contributed by atoms with E-state index in [9.17, 15) is 9.59 Å². The molecule has 0 aromatic heterocycles. The summed E-state index contributed by atoms with van der Waals surface area (Å²) in [4.78, 5) is 24.2. The Morgan fingerprint density at radius 2 is 1.80 bits per heavy atom. The van der Waals surface area contributed by atoms with E-state index in [0.29, 0.717) is 10.6 Å². The summed E-state index contributed by atoms with van der Waals surface area (Å²) in [5, 5.41) is 5.00. The van der Waals surface area contributed by atoms with Crippen molar-refractivity contribution in [1.82, 2.24) is 5.32 Å². The molecule has 3 amide bonds. The van der Waals surface area contributed by atoms with E-state index in [0.717, 1.165) is 0 Å². The Hall–Kier alpha value is -2.11. The van der Waals surface area contributed by atoms with E-state index >= 15 is 0 Å². The number of nitrogens with one attached hydrogen (secondary N) is 2. The van der Waals surface area contributed by atoms with Gasteiger partial charge in [0.15, 0.2) is 0 Å². The van der Waals surface area contributed by atoms with E-state index in [1.54, 1.807) is 42.5 Å². The summed E-state index contributed by atoms with van der Waals surface area (Å²) in [6.45, 7) is 0. The van der Waals surface area contributed by atoms with Crippen LogP contribution >= 0.6 is 24.2 Å². The van der Waals surface area contributed by atoms with Crippen molar-refractivity contribution in [1.29, 1.82) is 0 Å². The quantitative estimate of drug-likeness (QED) is 0.885. The van der Waals surface area contributed by atoms with E-state index in [-0.39, 0.29) is 10.6 Å². The maximum atomic E-state index is 11.9. The van der Waals surface area contributed by atoms with Crippen LogP contribution in [0, 0.1) is 0 Å². The molecule has 0 bridgehead atoms. The first-order chi connectivity index (χ1) is 9.56. The molecule has 2 aromatic carbocycles. The van der Waals surface area contributed by atoms with Crippen molar-refractivity contribution in [3.63, 3.8) is 0 Å². The Kier molecular flexibility index (Phi) is 4.55. The molecule has 2 N–H and O–H groups in total. The maximum absolute atomic E-state index is 11.9. The first kappa shape index (κ1) is 14.3. The number of halogens is 1. The zero-order valence-electron chi connectivity index (χ0n) is 10.2. The Labute approximate surface area is 126 Å². The van der Waals surface area contributed by atoms with Crippen LogP contribution in [0.3, 0.4) is 0 Å². The van der Waals surface area contributed by atoms with Gasteiger partial charge in [0.05, 0.1) is 10.6 Å². The maximum Gasteiger partial charge on any atom is 0.326 e. The molecule has 0 aliphatic heterocycles. The summed E-state index contributed by atoms with van der Waals surface area (Å²) in [5.41, 5.74) is 0.753. The van der Waals surface area contributed by atoms with Crippen LogP contribution in [0.25, 0.3) is 0 Å². The van der Waals surface area contributed by atoms with Crippen molar-refractivity contribution in [2.45, 2.75) is 4.90 Å². The minimum Gasteiger partial charge on any atom is -0.308 e. The molecule has 0 unspecified atom stereocenters. The Morgan fingerprint density at radius 1 is 1.05 bits per heavy atom. The monoisotopic (exact) mass is 305 g/mol. The lowest BCUT2D eigenvalue weighted by Gasteiger charge is -2.07. The minimum absolute atomic E-state index is 0.237. The lowest BCUT2D eigenvalue weighted by molar-refractivity contribution is 0.0967. The fourth-order valence-electron chi connectivity index (χ4n) is 1.55. The van der Waals surface area contributed by atoms with Crippen LogP contribution in [-0.4, -0.2) is 11.9 Å². The highest BCUT2D eigenvalue weighted by molar-refractivity contribution is 7.80. The number of carbonyl (C=O) groups excluding carboxylic acids is 2. The molecule has 4 nitrogen and oxygen atoms in total. The zero-order valence-corrected chi connectivity index (χ0v) is 11.8. The summed E-state index contributed by atoms with van der Waals surface area (Å²) in [6, 6.07) is 12.6. The molecule has 0 saturated carbocycles. The molecule has 20 heavy (non-hydrogen) atoms. The minimum atomic E-state index is -0.643. The number of rotatable bonds is 2. The first-order valence-corrected chi connectivity index (χ1v) is 6.49. The normalized spacial score (nSPS) is 9.85. The molecule has 101 valence electrons. The van der Waals surface area contributed by atoms with Gasteiger partial charge in [0.2, 0.25) is 0 Å². The molecule has 0 saturated heterocycles. The standard InChI is InChI=1S/C14H10ClN2O2S/c15-12-7-2-1-6-11(12)13(18)17-14(19)16-9-4-3-5-10(20)8-9/h1-8H,(H2,16,17,18,19). The van der Waals surface area contributed by atoms with E-state index < -0.39 is 11.9 Å². The third-order valence-electron chi connectivity index (χ3n) is 2.44. The lowest BCUT2D eigenvalue weighted by atomic mass is 10.2. The van der Waals surface area contributed by atoms with E-state index in [1.165, 1.54) is 6.07 Å². The molecular weight excluding hydrogens is 296 g/mol. The molecule has 0 atom stereocenters. The Balaban J connectivity index is 2.02. The summed E-state index contributed by atoms with van der Waals surface area (Å²) >= 11 is 10.9. The molecule has 0 spiro atoms. The van der Waals surface area contributed by atoms with Gasteiger partial charge < -0.3 is 5.32 Å². The van der Waals surface area contributed by atoms with E-state index in [2.05, 4.69) is 10.6 Å². The van der Waals surface area contributed by atoms with Crippen LogP contribution in [0.1, 0.15) is 10.4 Å². The van der Waals surface area contributed by atoms with E-state index in [4.69, 9.17) is 24.2 Å². The number of carbonyl (C=O) groups is 2. The highest BCUT2D eigenvalue weighted by Gasteiger charge is 2.13. The highest BCUT2D eigenvalue weighted by atomic mass is 35.5. The Morgan fingerprint density at radius 3 is 2.50 bits per heavy atom. The molecule has 0 heterocycles. The van der Waals surface area contributed by atoms with Crippen molar-refractivity contribution in [2.75, 3.05) is 5.32 Å². The fraction of sp³-hybridized carbons (Fsp3) is 0. The molecule has 2 aromatic rings. The van der Waals surface area contributed by atoms with Crippen molar-refractivity contribution in [3.8, 4) is 0 Å². The smallest absolute Gasteiger partial charge is 0.308 e. The zero-order chi connectivity index (χ0) is 14.5. The van der Waals surface area contributed by atoms with Crippen LogP contribution in [0.5, 0.6) is 0 Å². The number of anilines is 1. The van der Waals surface area contributed by atoms with Gasteiger partial charge in [-0.2, -0.15) is 0 Å².